The Morgan fingerprint density at radius 2 is 2.35 bits per heavy atom. The van der Waals surface area contributed by atoms with E-state index >= 15 is 0 Å². The van der Waals surface area contributed by atoms with Crippen molar-refractivity contribution in [3.63, 3.8) is 0 Å². The van der Waals surface area contributed by atoms with Crippen LogP contribution in [-0.4, -0.2) is 45.8 Å². The molecule has 8 heteroatoms. The van der Waals surface area contributed by atoms with Crippen LogP contribution >= 0.6 is 11.3 Å². The summed E-state index contributed by atoms with van der Waals surface area (Å²) in [6, 6.07) is 1.59. The topological polar surface area (TPSA) is 93.3 Å². The SMILES string of the molecule is O[C@@H]1COC[C@H]1Nc1nnc(-c2ccon2)s1. The third-order valence-electron chi connectivity index (χ3n) is 2.44. The van der Waals surface area contributed by atoms with Gasteiger partial charge in [0.1, 0.15) is 12.0 Å². The molecule has 1 aliphatic rings. The van der Waals surface area contributed by atoms with E-state index in [1.54, 1.807) is 6.07 Å². The highest BCUT2D eigenvalue weighted by Crippen LogP contribution is 2.26. The van der Waals surface area contributed by atoms with Gasteiger partial charge in [0.2, 0.25) is 5.13 Å². The van der Waals surface area contributed by atoms with Gasteiger partial charge in [0, 0.05) is 6.07 Å². The van der Waals surface area contributed by atoms with E-state index in [0.717, 1.165) is 0 Å². The molecule has 1 aliphatic heterocycles. The summed E-state index contributed by atoms with van der Waals surface area (Å²) in [4.78, 5) is 0. The van der Waals surface area contributed by atoms with Crippen molar-refractivity contribution >= 4 is 16.5 Å². The summed E-state index contributed by atoms with van der Waals surface area (Å²) in [5.74, 6) is 0. The first-order valence-electron chi connectivity index (χ1n) is 5.09. The molecule has 0 aromatic carbocycles. The van der Waals surface area contributed by atoms with Crippen LogP contribution in [-0.2, 0) is 4.74 Å². The lowest BCUT2D eigenvalue weighted by Gasteiger charge is -2.12. The number of ether oxygens (including phenoxy) is 1. The summed E-state index contributed by atoms with van der Waals surface area (Å²) in [6.07, 6.45) is 0.979. The minimum absolute atomic E-state index is 0.131. The molecule has 0 bridgehead atoms. The van der Waals surface area contributed by atoms with E-state index in [1.807, 2.05) is 0 Å². The van der Waals surface area contributed by atoms with Gasteiger partial charge in [-0.1, -0.05) is 16.5 Å². The van der Waals surface area contributed by atoms with Crippen molar-refractivity contribution in [2.24, 2.45) is 0 Å². The molecule has 2 aromatic heterocycles. The number of hydrogen-bond acceptors (Lipinski definition) is 8. The monoisotopic (exact) mass is 254 g/mol. The number of anilines is 1. The second kappa shape index (κ2) is 4.40. The highest BCUT2D eigenvalue weighted by Gasteiger charge is 2.27. The molecule has 0 saturated carbocycles. The molecule has 17 heavy (non-hydrogen) atoms. The molecule has 2 atom stereocenters. The number of aromatic nitrogens is 3. The van der Waals surface area contributed by atoms with Gasteiger partial charge in [0.05, 0.1) is 25.4 Å². The standard InChI is InChI=1S/C9H10N4O3S/c14-7-4-15-3-6(7)10-9-12-11-8(17-9)5-1-2-16-13-5/h1-2,6-7,14H,3-4H2,(H,10,12)/t6-,7-/m1/s1. The Hall–Kier alpha value is -1.51. The van der Waals surface area contributed by atoms with Gasteiger partial charge in [0.25, 0.3) is 0 Å². The molecule has 90 valence electrons. The first-order chi connectivity index (χ1) is 8.33. The van der Waals surface area contributed by atoms with Crippen LogP contribution in [0.4, 0.5) is 5.13 Å². The average Bonchev–Trinajstić information content (AvgIpc) is 3.02. The quantitative estimate of drug-likeness (QED) is 0.817. The summed E-state index contributed by atoms with van der Waals surface area (Å²) in [5.41, 5.74) is 0.652. The van der Waals surface area contributed by atoms with E-state index in [2.05, 4.69) is 20.7 Å². The molecule has 0 amide bonds. The van der Waals surface area contributed by atoms with Gasteiger partial charge in [-0.05, 0) is 0 Å². The molecule has 3 rings (SSSR count). The molecule has 1 saturated heterocycles. The third kappa shape index (κ3) is 2.14. The zero-order chi connectivity index (χ0) is 11.7. The number of hydrogen-bond donors (Lipinski definition) is 2. The lowest BCUT2D eigenvalue weighted by atomic mass is 10.2. The van der Waals surface area contributed by atoms with Crippen molar-refractivity contribution < 1.29 is 14.4 Å². The Morgan fingerprint density at radius 1 is 1.41 bits per heavy atom. The maximum atomic E-state index is 9.58. The van der Waals surface area contributed by atoms with E-state index in [9.17, 15) is 5.11 Å². The molecule has 2 N–H and O–H groups in total. The first kappa shape index (κ1) is 10.6. The molecule has 0 aliphatic carbocycles. The Balaban J connectivity index is 1.72. The average molecular weight is 254 g/mol. The summed E-state index contributed by atoms with van der Waals surface area (Å²) in [7, 11) is 0. The van der Waals surface area contributed by atoms with Gasteiger partial charge in [-0.3, -0.25) is 0 Å². The van der Waals surface area contributed by atoms with E-state index < -0.39 is 6.10 Å². The summed E-state index contributed by atoms with van der Waals surface area (Å²) >= 11 is 1.36. The van der Waals surface area contributed by atoms with Gasteiger partial charge in [-0.15, -0.1) is 10.2 Å². The van der Waals surface area contributed by atoms with Crippen molar-refractivity contribution in [3.05, 3.63) is 12.3 Å². The molecule has 7 nitrogen and oxygen atoms in total. The lowest BCUT2D eigenvalue weighted by Crippen LogP contribution is -2.31. The van der Waals surface area contributed by atoms with Crippen molar-refractivity contribution in [3.8, 4) is 10.7 Å². The summed E-state index contributed by atoms with van der Waals surface area (Å²) < 4.78 is 9.87. The fourth-order valence-corrected chi connectivity index (χ4v) is 2.31. The first-order valence-corrected chi connectivity index (χ1v) is 5.91. The molecule has 0 spiro atoms. The van der Waals surface area contributed by atoms with E-state index in [-0.39, 0.29) is 6.04 Å². The summed E-state index contributed by atoms with van der Waals surface area (Å²) in [6.45, 7) is 0.826. The largest absolute Gasteiger partial charge is 0.388 e. The Morgan fingerprint density at radius 3 is 3.06 bits per heavy atom. The maximum Gasteiger partial charge on any atom is 0.206 e. The van der Waals surface area contributed by atoms with Crippen molar-refractivity contribution in [2.45, 2.75) is 12.1 Å². The molecule has 0 unspecified atom stereocenters. The normalized spacial score (nSPS) is 24.1. The molecule has 3 heterocycles. The third-order valence-corrected chi connectivity index (χ3v) is 3.32. The van der Waals surface area contributed by atoms with Gasteiger partial charge >= 0.3 is 0 Å². The predicted octanol–water partition coefficient (Wildman–Crippen LogP) is 0.365. The number of rotatable bonds is 3. The van der Waals surface area contributed by atoms with Crippen molar-refractivity contribution in [1.82, 2.24) is 15.4 Å². The Kier molecular flexibility index (Phi) is 2.75. The Labute approximate surface area is 100 Å². The smallest absolute Gasteiger partial charge is 0.206 e. The van der Waals surface area contributed by atoms with Crippen LogP contribution in [0.15, 0.2) is 16.9 Å². The number of nitrogens with zero attached hydrogens (tertiary/aromatic N) is 3. The second-order valence-corrected chi connectivity index (χ2v) is 4.63. The Bertz CT molecular complexity index is 486. The van der Waals surface area contributed by atoms with Gasteiger partial charge in [-0.25, -0.2) is 0 Å². The lowest BCUT2D eigenvalue weighted by molar-refractivity contribution is 0.125. The molecule has 1 fully saturated rings. The van der Waals surface area contributed by atoms with E-state index in [4.69, 9.17) is 9.26 Å². The minimum Gasteiger partial charge on any atom is -0.388 e. The zero-order valence-corrected chi connectivity index (χ0v) is 9.55. The van der Waals surface area contributed by atoms with Crippen LogP contribution < -0.4 is 5.32 Å². The molecule has 2 aromatic rings. The van der Waals surface area contributed by atoms with Gasteiger partial charge in [0.15, 0.2) is 5.01 Å². The van der Waals surface area contributed by atoms with Gasteiger partial charge in [-0.2, -0.15) is 0 Å². The highest BCUT2D eigenvalue weighted by molar-refractivity contribution is 7.18. The zero-order valence-electron chi connectivity index (χ0n) is 8.74. The maximum absolute atomic E-state index is 9.58. The van der Waals surface area contributed by atoms with E-state index in [1.165, 1.54) is 17.6 Å². The van der Waals surface area contributed by atoms with Crippen LogP contribution in [0.1, 0.15) is 0 Å². The second-order valence-electron chi connectivity index (χ2n) is 3.65. The van der Waals surface area contributed by atoms with Gasteiger partial charge < -0.3 is 19.7 Å². The molecular weight excluding hydrogens is 244 g/mol. The fourth-order valence-electron chi connectivity index (χ4n) is 1.55. The number of aliphatic hydroxyl groups is 1. The van der Waals surface area contributed by atoms with E-state index in [0.29, 0.717) is 29.0 Å². The van der Waals surface area contributed by atoms with Crippen LogP contribution in [0.5, 0.6) is 0 Å². The van der Waals surface area contributed by atoms with Crippen molar-refractivity contribution in [1.29, 1.82) is 0 Å². The van der Waals surface area contributed by atoms with Crippen LogP contribution in [0.25, 0.3) is 10.7 Å². The summed E-state index contributed by atoms with van der Waals surface area (Å²) in [5, 5.41) is 25.7. The van der Waals surface area contributed by atoms with Crippen LogP contribution in [0, 0.1) is 0 Å². The predicted molar refractivity (Wildman–Crippen MR) is 59.6 cm³/mol. The van der Waals surface area contributed by atoms with Crippen LogP contribution in [0.3, 0.4) is 0 Å². The van der Waals surface area contributed by atoms with Crippen LogP contribution in [0.2, 0.25) is 0 Å². The minimum atomic E-state index is -0.505. The highest BCUT2D eigenvalue weighted by atomic mass is 32.1. The fraction of sp³-hybridized carbons (Fsp3) is 0.444. The molecular formula is C9H10N4O3S. The van der Waals surface area contributed by atoms with Crippen molar-refractivity contribution in [2.75, 3.05) is 18.5 Å². The number of aliphatic hydroxyl groups excluding tert-OH is 1. The number of nitrogens with one attached hydrogen (secondary N) is 1. The molecule has 0 radical (unpaired) electrons.